The van der Waals surface area contributed by atoms with Crippen LogP contribution in [0.5, 0.6) is 5.75 Å². The molecule has 1 aromatic carbocycles. The quantitative estimate of drug-likeness (QED) is 0.641. The summed E-state index contributed by atoms with van der Waals surface area (Å²) < 4.78 is 11.8. The lowest BCUT2D eigenvalue weighted by Gasteiger charge is -2.47. The number of nitriles is 1. The Morgan fingerprint density at radius 2 is 1.97 bits per heavy atom. The molecule has 0 unspecified atom stereocenters. The molecule has 1 N–H and O–H groups in total. The number of fused-ring (bicyclic) bond motifs is 2. The van der Waals surface area contributed by atoms with Crippen molar-refractivity contribution in [1.82, 2.24) is 14.8 Å². The molecule has 9 heteroatoms. The summed E-state index contributed by atoms with van der Waals surface area (Å²) in [6.07, 6.45) is 5.24. The SMILES string of the molecule is C=CC(=O)N1CC(N2CCC(c3ccc4c(c3)Nc3ncc(C#N)c(N5CCOCC5)c3CO4)CC2)C1. The molecule has 4 aliphatic heterocycles. The molecular formula is C28H32N6O3. The second-order valence-electron chi connectivity index (χ2n) is 10.1. The molecule has 9 nitrogen and oxygen atoms in total. The predicted molar refractivity (Wildman–Crippen MR) is 140 cm³/mol. The smallest absolute Gasteiger partial charge is 0.246 e. The molecule has 37 heavy (non-hydrogen) atoms. The number of nitrogens with one attached hydrogen (secondary N) is 1. The number of benzene rings is 1. The van der Waals surface area contributed by atoms with E-state index >= 15 is 0 Å². The zero-order valence-corrected chi connectivity index (χ0v) is 21.0. The summed E-state index contributed by atoms with van der Waals surface area (Å²) in [6.45, 7) is 10.4. The largest absolute Gasteiger partial charge is 0.487 e. The van der Waals surface area contributed by atoms with E-state index in [0.29, 0.717) is 37.3 Å². The highest BCUT2D eigenvalue weighted by Crippen LogP contribution is 2.41. The van der Waals surface area contributed by atoms with E-state index in [-0.39, 0.29) is 5.91 Å². The summed E-state index contributed by atoms with van der Waals surface area (Å²) in [7, 11) is 0. The number of pyridine rings is 1. The topological polar surface area (TPSA) is 94.0 Å². The maximum absolute atomic E-state index is 11.8. The third-order valence-corrected chi connectivity index (χ3v) is 8.09. The van der Waals surface area contributed by atoms with Crippen molar-refractivity contribution in [1.29, 1.82) is 5.26 Å². The molecule has 0 aliphatic carbocycles. The molecule has 0 saturated carbocycles. The van der Waals surface area contributed by atoms with Gasteiger partial charge in [-0.3, -0.25) is 9.69 Å². The maximum Gasteiger partial charge on any atom is 0.246 e. The Hall–Kier alpha value is -3.61. The van der Waals surface area contributed by atoms with Crippen molar-refractivity contribution in [3.63, 3.8) is 0 Å². The third kappa shape index (κ3) is 4.52. The Kier molecular flexibility index (Phi) is 6.45. The molecule has 4 aliphatic rings. The van der Waals surface area contributed by atoms with E-state index in [1.165, 1.54) is 11.6 Å². The standard InChI is InChI=1S/C28H32N6O3/c1-2-26(35)34-16-22(17-34)32-7-5-19(6-8-32)20-3-4-25-24(13-20)31-28-23(18-37-25)27(21(14-29)15-30-28)33-9-11-36-12-10-33/h2-4,13,15,19,22H,1,5-12,16-18H2,(H,30,31). The second-order valence-corrected chi connectivity index (χ2v) is 10.1. The fourth-order valence-corrected chi connectivity index (χ4v) is 5.91. The maximum atomic E-state index is 11.8. The summed E-state index contributed by atoms with van der Waals surface area (Å²) >= 11 is 0. The van der Waals surface area contributed by atoms with Gasteiger partial charge < -0.3 is 24.6 Å². The molecule has 1 amide bonds. The van der Waals surface area contributed by atoms with Crippen molar-refractivity contribution >= 4 is 23.1 Å². The van der Waals surface area contributed by atoms with Crippen molar-refractivity contribution in [2.45, 2.75) is 31.4 Å². The van der Waals surface area contributed by atoms with Crippen LogP contribution in [0.1, 0.15) is 35.4 Å². The van der Waals surface area contributed by atoms with Crippen LogP contribution in [-0.4, -0.2) is 79.2 Å². The molecule has 3 saturated heterocycles. The average molecular weight is 501 g/mol. The number of aromatic nitrogens is 1. The van der Waals surface area contributed by atoms with E-state index in [1.54, 1.807) is 6.20 Å². The minimum absolute atomic E-state index is 0.0304. The molecule has 0 bridgehead atoms. The Labute approximate surface area is 217 Å². The van der Waals surface area contributed by atoms with E-state index in [2.05, 4.69) is 50.9 Å². The summed E-state index contributed by atoms with van der Waals surface area (Å²) in [5, 5.41) is 13.3. The number of carbonyl (C=O) groups excluding carboxylic acids is 1. The van der Waals surface area contributed by atoms with E-state index < -0.39 is 0 Å². The monoisotopic (exact) mass is 500 g/mol. The fourth-order valence-electron chi connectivity index (χ4n) is 5.91. The number of rotatable bonds is 4. The lowest BCUT2D eigenvalue weighted by molar-refractivity contribution is -0.133. The Bertz CT molecular complexity index is 1240. The van der Waals surface area contributed by atoms with Gasteiger partial charge in [0.15, 0.2) is 0 Å². The first-order valence-electron chi connectivity index (χ1n) is 13.1. The number of hydrogen-bond acceptors (Lipinski definition) is 8. The predicted octanol–water partition coefficient (Wildman–Crippen LogP) is 3.00. The van der Waals surface area contributed by atoms with Crippen molar-refractivity contribution in [3.05, 3.63) is 53.7 Å². The van der Waals surface area contributed by atoms with Crippen LogP contribution in [0.25, 0.3) is 0 Å². The molecule has 0 radical (unpaired) electrons. The van der Waals surface area contributed by atoms with Crippen molar-refractivity contribution in [3.8, 4) is 11.8 Å². The van der Waals surface area contributed by atoms with Gasteiger partial charge >= 0.3 is 0 Å². The van der Waals surface area contributed by atoms with Gasteiger partial charge in [-0.15, -0.1) is 0 Å². The number of anilines is 3. The first kappa shape index (κ1) is 23.8. The first-order valence-corrected chi connectivity index (χ1v) is 13.1. The van der Waals surface area contributed by atoms with Crippen LogP contribution in [0.15, 0.2) is 37.1 Å². The van der Waals surface area contributed by atoms with E-state index in [4.69, 9.17) is 9.47 Å². The average Bonchev–Trinajstić information content (AvgIpc) is 3.11. The van der Waals surface area contributed by atoms with Crippen LogP contribution in [0.4, 0.5) is 17.2 Å². The van der Waals surface area contributed by atoms with Gasteiger partial charge in [0.1, 0.15) is 24.2 Å². The van der Waals surface area contributed by atoms with E-state index in [0.717, 1.165) is 80.6 Å². The van der Waals surface area contributed by atoms with Crippen LogP contribution in [0.3, 0.4) is 0 Å². The molecule has 5 heterocycles. The number of piperidine rings is 1. The summed E-state index contributed by atoms with van der Waals surface area (Å²) in [6, 6.07) is 9.22. The first-order chi connectivity index (χ1) is 18.1. The number of nitrogens with zero attached hydrogens (tertiary/aromatic N) is 5. The number of carbonyl (C=O) groups is 1. The zero-order valence-electron chi connectivity index (χ0n) is 21.0. The Morgan fingerprint density at radius 1 is 1.19 bits per heavy atom. The molecular weight excluding hydrogens is 468 g/mol. The minimum atomic E-state index is 0.0304. The number of amides is 1. The van der Waals surface area contributed by atoms with Gasteiger partial charge in [-0.05, 0) is 55.6 Å². The number of ether oxygens (including phenoxy) is 2. The van der Waals surface area contributed by atoms with Gasteiger partial charge in [0.05, 0.1) is 35.7 Å². The van der Waals surface area contributed by atoms with E-state index in [1.807, 2.05) is 4.90 Å². The van der Waals surface area contributed by atoms with Crippen molar-refractivity contribution < 1.29 is 14.3 Å². The minimum Gasteiger partial charge on any atom is -0.487 e. The highest BCUT2D eigenvalue weighted by molar-refractivity contribution is 5.87. The molecule has 0 spiro atoms. The van der Waals surface area contributed by atoms with Crippen LogP contribution in [-0.2, 0) is 16.1 Å². The number of hydrogen-bond donors (Lipinski definition) is 1. The number of morpholine rings is 1. The third-order valence-electron chi connectivity index (χ3n) is 8.09. The van der Waals surface area contributed by atoms with Gasteiger partial charge in [0.2, 0.25) is 5.91 Å². The van der Waals surface area contributed by atoms with Crippen LogP contribution < -0.4 is 15.0 Å². The lowest BCUT2D eigenvalue weighted by atomic mass is 9.88. The second kappa shape index (κ2) is 10.0. The Balaban J connectivity index is 1.17. The normalized spacial score (nSPS) is 20.4. The molecule has 1 aromatic heterocycles. The van der Waals surface area contributed by atoms with Gasteiger partial charge in [0.25, 0.3) is 0 Å². The lowest BCUT2D eigenvalue weighted by Crippen LogP contribution is -2.61. The highest BCUT2D eigenvalue weighted by Gasteiger charge is 2.36. The van der Waals surface area contributed by atoms with Crippen molar-refractivity contribution in [2.75, 3.05) is 62.7 Å². The molecule has 6 rings (SSSR count). The number of likely N-dealkylation sites (tertiary alicyclic amines) is 2. The van der Waals surface area contributed by atoms with E-state index in [9.17, 15) is 10.1 Å². The molecule has 3 fully saturated rings. The highest BCUT2D eigenvalue weighted by atomic mass is 16.5. The fraction of sp³-hybridized carbons (Fsp3) is 0.464. The molecule has 0 atom stereocenters. The van der Waals surface area contributed by atoms with Gasteiger partial charge in [-0.25, -0.2) is 4.98 Å². The van der Waals surface area contributed by atoms with Crippen LogP contribution >= 0.6 is 0 Å². The Morgan fingerprint density at radius 3 is 2.70 bits per heavy atom. The summed E-state index contributed by atoms with van der Waals surface area (Å²) in [5.74, 6) is 2.06. The van der Waals surface area contributed by atoms with Gasteiger partial charge in [0, 0.05) is 38.4 Å². The summed E-state index contributed by atoms with van der Waals surface area (Å²) in [4.78, 5) is 22.9. The summed E-state index contributed by atoms with van der Waals surface area (Å²) in [5.41, 5.74) is 4.59. The molecule has 192 valence electrons. The van der Waals surface area contributed by atoms with Gasteiger partial charge in [-0.2, -0.15) is 5.26 Å². The molecule has 2 aromatic rings. The van der Waals surface area contributed by atoms with Crippen LogP contribution in [0.2, 0.25) is 0 Å². The van der Waals surface area contributed by atoms with Crippen LogP contribution in [0, 0.1) is 11.3 Å². The van der Waals surface area contributed by atoms with Gasteiger partial charge in [-0.1, -0.05) is 12.6 Å². The van der Waals surface area contributed by atoms with Crippen molar-refractivity contribution in [2.24, 2.45) is 0 Å². The zero-order chi connectivity index (χ0) is 25.4.